The summed E-state index contributed by atoms with van der Waals surface area (Å²) in [5, 5.41) is 0. The van der Waals surface area contributed by atoms with Crippen molar-refractivity contribution in [3.05, 3.63) is 95.1 Å². The molecule has 9 rings (SSSR count). The Labute approximate surface area is 347 Å². The minimum atomic E-state index is -1.65. The van der Waals surface area contributed by atoms with Crippen molar-refractivity contribution in [3.63, 3.8) is 0 Å². The van der Waals surface area contributed by atoms with Crippen molar-refractivity contribution in [1.82, 2.24) is 0 Å². The predicted octanol–water partition coefficient (Wildman–Crippen LogP) is 3.98. The van der Waals surface area contributed by atoms with Crippen LogP contribution in [0.5, 0.6) is 46.0 Å². The highest BCUT2D eigenvalue weighted by atomic mass is 16.7. The molecule has 1 fully saturated rings. The molecule has 5 heterocycles. The summed E-state index contributed by atoms with van der Waals surface area (Å²) in [7, 11) is 1.27. The first-order valence-electron chi connectivity index (χ1n) is 19.4. The van der Waals surface area contributed by atoms with Gasteiger partial charge in [-0.15, -0.1) is 0 Å². The van der Waals surface area contributed by atoms with Gasteiger partial charge in [-0.1, -0.05) is 0 Å². The van der Waals surface area contributed by atoms with Crippen molar-refractivity contribution in [1.29, 1.82) is 0 Å². The molecule has 0 bridgehead atoms. The first-order valence-corrected chi connectivity index (χ1v) is 19.4. The third-order valence-corrected chi connectivity index (χ3v) is 10.0. The first-order chi connectivity index (χ1) is 29.8. The SMILES string of the molecule is CO[C@H]1O[C@H](COC(=O)c2ccc3c(c2)OCCO3)[C@@H](OC(=O)c2ccc3c(c2)OCCO3)[C@H](OC(=O)c2ccc3c(c2)OCCO3)[C@H]1OC(=O)c1ccc2c(c1)OCCO2. The Morgan fingerprint density at radius 1 is 0.443 bits per heavy atom. The first kappa shape index (κ1) is 39.5. The topological polar surface area (TPSA) is 197 Å². The Hall–Kier alpha value is -6.92. The maximum Gasteiger partial charge on any atom is 0.338 e. The van der Waals surface area contributed by atoms with Crippen molar-refractivity contribution in [3.8, 4) is 46.0 Å². The van der Waals surface area contributed by atoms with Crippen LogP contribution in [-0.4, -0.2) is 121 Å². The average Bonchev–Trinajstić information content (AvgIpc) is 3.31. The summed E-state index contributed by atoms with van der Waals surface area (Å²) < 4.78 is 81.1. The summed E-state index contributed by atoms with van der Waals surface area (Å²) in [5.41, 5.74) is 0.240. The monoisotopic (exact) mass is 842 g/mol. The fourth-order valence-electron chi connectivity index (χ4n) is 7.10. The summed E-state index contributed by atoms with van der Waals surface area (Å²) in [5.74, 6) is -0.501. The molecule has 0 aliphatic carbocycles. The van der Waals surface area contributed by atoms with Crippen LogP contribution in [0.25, 0.3) is 0 Å². The molecule has 0 saturated carbocycles. The van der Waals surface area contributed by atoms with E-state index in [9.17, 15) is 19.2 Å². The molecule has 4 aromatic carbocycles. The van der Waals surface area contributed by atoms with Gasteiger partial charge < -0.3 is 66.3 Å². The summed E-state index contributed by atoms with van der Waals surface area (Å²) in [4.78, 5) is 55.7. The summed E-state index contributed by atoms with van der Waals surface area (Å²) in [6, 6.07) is 17.9. The van der Waals surface area contributed by atoms with Crippen molar-refractivity contribution in [2.75, 3.05) is 66.6 Å². The van der Waals surface area contributed by atoms with E-state index in [1.54, 1.807) is 24.3 Å². The minimum absolute atomic E-state index is 0.0279. The van der Waals surface area contributed by atoms with Gasteiger partial charge in [0.05, 0.1) is 22.3 Å². The summed E-state index contributed by atoms with van der Waals surface area (Å²) in [6.07, 6.45) is -7.70. The molecule has 0 amide bonds. The normalized spacial score (nSPS) is 21.9. The number of benzene rings is 4. The summed E-state index contributed by atoms with van der Waals surface area (Å²) >= 11 is 0. The molecule has 61 heavy (non-hydrogen) atoms. The number of esters is 4. The molecule has 0 spiro atoms. The number of methoxy groups -OCH3 is 1. The van der Waals surface area contributed by atoms with Gasteiger partial charge in [-0.05, 0) is 72.8 Å². The van der Waals surface area contributed by atoms with E-state index in [2.05, 4.69) is 0 Å². The predicted molar refractivity (Wildman–Crippen MR) is 203 cm³/mol. The zero-order valence-corrected chi connectivity index (χ0v) is 32.5. The van der Waals surface area contributed by atoms with E-state index >= 15 is 0 Å². The van der Waals surface area contributed by atoms with Crippen molar-refractivity contribution < 1.29 is 85.5 Å². The van der Waals surface area contributed by atoms with E-state index in [4.69, 9.17) is 66.3 Å². The lowest BCUT2D eigenvalue weighted by Gasteiger charge is -2.44. The number of fused-ring (bicyclic) bond motifs is 4. The number of carbonyl (C=O) groups is 4. The van der Waals surface area contributed by atoms with E-state index in [0.29, 0.717) is 79.0 Å². The molecule has 18 nitrogen and oxygen atoms in total. The van der Waals surface area contributed by atoms with Crippen LogP contribution >= 0.6 is 0 Å². The highest BCUT2D eigenvalue weighted by Crippen LogP contribution is 2.37. The molecule has 18 heteroatoms. The Morgan fingerprint density at radius 3 is 1.15 bits per heavy atom. The van der Waals surface area contributed by atoms with Crippen molar-refractivity contribution in [2.45, 2.75) is 30.7 Å². The second-order valence-electron chi connectivity index (χ2n) is 13.9. The van der Waals surface area contributed by atoms with E-state index in [1.807, 2.05) is 0 Å². The molecule has 5 aliphatic heterocycles. The zero-order valence-electron chi connectivity index (χ0n) is 32.5. The van der Waals surface area contributed by atoms with Crippen LogP contribution in [0.2, 0.25) is 0 Å². The van der Waals surface area contributed by atoms with E-state index in [-0.39, 0.29) is 42.1 Å². The van der Waals surface area contributed by atoms with Gasteiger partial charge in [0.15, 0.2) is 70.6 Å². The van der Waals surface area contributed by atoms with Crippen LogP contribution in [-0.2, 0) is 28.4 Å². The molecule has 0 aromatic heterocycles. The highest BCUT2D eigenvalue weighted by Gasteiger charge is 2.53. The van der Waals surface area contributed by atoms with Crippen LogP contribution in [0.1, 0.15) is 41.4 Å². The molecule has 5 atom stereocenters. The van der Waals surface area contributed by atoms with Crippen molar-refractivity contribution in [2.24, 2.45) is 0 Å². The second kappa shape index (κ2) is 17.4. The smallest absolute Gasteiger partial charge is 0.338 e. The van der Waals surface area contributed by atoms with Gasteiger partial charge in [0, 0.05) is 7.11 Å². The molecular formula is C43H38O18. The maximum atomic E-state index is 14.1. The van der Waals surface area contributed by atoms with E-state index in [1.165, 1.54) is 55.6 Å². The van der Waals surface area contributed by atoms with Crippen LogP contribution in [0, 0.1) is 0 Å². The average molecular weight is 843 g/mol. The number of rotatable bonds is 10. The molecule has 4 aromatic rings. The quantitative estimate of drug-likeness (QED) is 0.164. The lowest BCUT2D eigenvalue weighted by molar-refractivity contribution is -0.291. The van der Waals surface area contributed by atoms with Gasteiger partial charge >= 0.3 is 23.9 Å². The third kappa shape index (κ3) is 8.44. The second-order valence-corrected chi connectivity index (χ2v) is 13.9. The third-order valence-electron chi connectivity index (χ3n) is 10.0. The Morgan fingerprint density at radius 2 is 0.770 bits per heavy atom. The van der Waals surface area contributed by atoms with E-state index < -0.39 is 61.2 Å². The van der Waals surface area contributed by atoms with Gasteiger partial charge in [0.2, 0.25) is 0 Å². The zero-order chi connectivity index (χ0) is 41.9. The Kier molecular flexibility index (Phi) is 11.2. The van der Waals surface area contributed by atoms with Gasteiger partial charge in [-0.3, -0.25) is 0 Å². The van der Waals surface area contributed by atoms with Gasteiger partial charge in [0.1, 0.15) is 65.6 Å². The largest absolute Gasteiger partial charge is 0.486 e. The van der Waals surface area contributed by atoms with E-state index in [0.717, 1.165) is 0 Å². The van der Waals surface area contributed by atoms with Crippen LogP contribution in [0.3, 0.4) is 0 Å². The fraction of sp³-hybridized carbons (Fsp3) is 0.349. The molecule has 0 N–H and O–H groups in total. The minimum Gasteiger partial charge on any atom is -0.486 e. The fourth-order valence-corrected chi connectivity index (χ4v) is 7.10. The lowest BCUT2D eigenvalue weighted by atomic mass is 9.97. The van der Waals surface area contributed by atoms with Crippen LogP contribution < -0.4 is 37.9 Å². The number of hydrogen-bond donors (Lipinski definition) is 0. The standard InChI is InChI=1S/C43H38O18/c1-48-43-38(61-42(47)26-5-9-30-34(21-26)56-17-13-52-30)37(60-41(46)25-4-8-29-33(20-25)55-16-12-51-29)36(59-40(45)24-3-7-28-32(19-24)54-15-11-50-28)35(58-43)22-57-39(44)23-2-6-27-31(18-23)53-14-10-49-27/h2-9,18-21,35-38,43H,10-17,22H2,1H3/t35-,36-,37+,38-,43+/m1/s1. The molecular weight excluding hydrogens is 804 g/mol. The van der Waals surface area contributed by atoms with Crippen LogP contribution in [0.4, 0.5) is 0 Å². The number of hydrogen-bond acceptors (Lipinski definition) is 18. The lowest BCUT2D eigenvalue weighted by Crippen LogP contribution is -2.63. The Bertz CT molecular complexity index is 2330. The van der Waals surface area contributed by atoms with Gasteiger partial charge in [-0.2, -0.15) is 0 Å². The molecule has 0 unspecified atom stereocenters. The molecule has 318 valence electrons. The van der Waals surface area contributed by atoms with Crippen LogP contribution in [0.15, 0.2) is 72.8 Å². The van der Waals surface area contributed by atoms with Gasteiger partial charge in [-0.25, -0.2) is 19.2 Å². The maximum absolute atomic E-state index is 14.1. The molecule has 1 saturated heterocycles. The highest BCUT2D eigenvalue weighted by molar-refractivity contribution is 5.93. The number of ether oxygens (including phenoxy) is 14. The van der Waals surface area contributed by atoms with Crippen molar-refractivity contribution >= 4 is 23.9 Å². The number of carbonyl (C=O) groups excluding carboxylic acids is 4. The van der Waals surface area contributed by atoms with Gasteiger partial charge in [0.25, 0.3) is 0 Å². The molecule has 5 aliphatic rings. The molecule has 0 radical (unpaired) electrons. The Balaban J connectivity index is 1.06. The summed E-state index contributed by atoms with van der Waals surface area (Å²) in [6.45, 7) is 1.85.